The standard InChI is InChI=1S/C16H17FN2O2/c1-20-13-8-4-6-11(15(13)17)16(19-18)14-9-10-5-2-3-7-12(10)21-14/h2-8,14,16,19H,9,18H2,1H3. The minimum atomic E-state index is -0.451. The highest BCUT2D eigenvalue weighted by Gasteiger charge is 2.32. The van der Waals surface area contributed by atoms with Crippen LogP contribution in [0.25, 0.3) is 0 Å². The smallest absolute Gasteiger partial charge is 0.170 e. The molecule has 2 atom stereocenters. The van der Waals surface area contributed by atoms with E-state index in [4.69, 9.17) is 15.3 Å². The van der Waals surface area contributed by atoms with Gasteiger partial charge in [0, 0.05) is 12.0 Å². The number of nitrogens with one attached hydrogen (secondary N) is 1. The summed E-state index contributed by atoms with van der Waals surface area (Å²) in [5.41, 5.74) is 4.21. The number of para-hydroxylation sites is 1. The Balaban J connectivity index is 1.91. The van der Waals surface area contributed by atoms with E-state index in [-0.39, 0.29) is 11.9 Å². The van der Waals surface area contributed by atoms with E-state index in [1.165, 1.54) is 7.11 Å². The number of rotatable bonds is 4. The van der Waals surface area contributed by atoms with Crippen LogP contribution in [0.1, 0.15) is 17.2 Å². The zero-order valence-electron chi connectivity index (χ0n) is 11.7. The Morgan fingerprint density at radius 3 is 2.81 bits per heavy atom. The van der Waals surface area contributed by atoms with Gasteiger partial charge in [-0.2, -0.15) is 0 Å². The van der Waals surface area contributed by atoms with E-state index in [2.05, 4.69) is 5.43 Å². The number of ether oxygens (including phenoxy) is 2. The SMILES string of the molecule is COc1cccc(C(NN)C2Cc3ccccc3O2)c1F. The third-order valence-corrected chi connectivity index (χ3v) is 3.77. The van der Waals surface area contributed by atoms with Crippen LogP contribution in [0.2, 0.25) is 0 Å². The summed E-state index contributed by atoms with van der Waals surface area (Å²) in [6.45, 7) is 0. The Morgan fingerprint density at radius 2 is 2.10 bits per heavy atom. The normalized spacial score (nSPS) is 18.0. The maximum absolute atomic E-state index is 14.4. The Kier molecular flexibility index (Phi) is 3.77. The molecule has 2 aromatic carbocycles. The number of hydrogen-bond donors (Lipinski definition) is 2. The van der Waals surface area contributed by atoms with E-state index in [0.29, 0.717) is 12.0 Å². The fraction of sp³-hybridized carbons (Fsp3) is 0.250. The molecule has 3 N–H and O–H groups in total. The van der Waals surface area contributed by atoms with Gasteiger partial charge in [0.25, 0.3) is 0 Å². The van der Waals surface area contributed by atoms with Gasteiger partial charge in [0.15, 0.2) is 11.6 Å². The summed E-state index contributed by atoms with van der Waals surface area (Å²) in [6, 6.07) is 12.3. The quantitative estimate of drug-likeness (QED) is 0.670. The second-order valence-corrected chi connectivity index (χ2v) is 4.98. The van der Waals surface area contributed by atoms with Gasteiger partial charge in [0.2, 0.25) is 0 Å². The molecule has 0 spiro atoms. The zero-order valence-corrected chi connectivity index (χ0v) is 11.7. The molecule has 0 aromatic heterocycles. The molecule has 1 aliphatic heterocycles. The van der Waals surface area contributed by atoms with Gasteiger partial charge >= 0.3 is 0 Å². The number of hydrogen-bond acceptors (Lipinski definition) is 4. The van der Waals surface area contributed by atoms with Crippen LogP contribution in [0.4, 0.5) is 4.39 Å². The first-order valence-electron chi connectivity index (χ1n) is 6.77. The Hall–Kier alpha value is -2.11. The Morgan fingerprint density at radius 1 is 1.29 bits per heavy atom. The molecule has 0 saturated carbocycles. The first-order chi connectivity index (χ1) is 10.2. The Bertz CT molecular complexity index is 623. The van der Waals surface area contributed by atoms with Gasteiger partial charge in [-0.15, -0.1) is 0 Å². The first kappa shape index (κ1) is 13.9. The molecule has 5 heteroatoms. The van der Waals surface area contributed by atoms with Gasteiger partial charge in [-0.05, 0) is 17.7 Å². The number of nitrogens with two attached hydrogens (primary N) is 1. The van der Waals surface area contributed by atoms with Crippen LogP contribution >= 0.6 is 0 Å². The lowest BCUT2D eigenvalue weighted by Gasteiger charge is -2.23. The Labute approximate surface area is 122 Å². The fourth-order valence-corrected chi connectivity index (χ4v) is 2.72. The van der Waals surface area contributed by atoms with Crippen LogP contribution in [0.5, 0.6) is 11.5 Å². The average Bonchev–Trinajstić information content (AvgIpc) is 2.93. The molecule has 1 aliphatic rings. The van der Waals surface area contributed by atoms with E-state index in [1.54, 1.807) is 18.2 Å². The fourth-order valence-electron chi connectivity index (χ4n) is 2.72. The summed E-state index contributed by atoms with van der Waals surface area (Å²) in [5.74, 6) is 6.25. The van der Waals surface area contributed by atoms with Crippen LogP contribution in [0, 0.1) is 5.82 Å². The summed E-state index contributed by atoms with van der Waals surface area (Å²) in [4.78, 5) is 0. The van der Waals surface area contributed by atoms with E-state index in [0.717, 1.165) is 11.3 Å². The highest BCUT2D eigenvalue weighted by atomic mass is 19.1. The number of fused-ring (bicyclic) bond motifs is 1. The van der Waals surface area contributed by atoms with Crippen molar-refractivity contribution in [2.45, 2.75) is 18.6 Å². The van der Waals surface area contributed by atoms with Crippen molar-refractivity contribution in [3.8, 4) is 11.5 Å². The minimum Gasteiger partial charge on any atom is -0.494 e. The van der Waals surface area contributed by atoms with Gasteiger partial charge in [-0.25, -0.2) is 9.82 Å². The van der Waals surface area contributed by atoms with Crippen LogP contribution in [0.15, 0.2) is 42.5 Å². The summed E-state index contributed by atoms with van der Waals surface area (Å²) in [7, 11) is 1.44. The monoisotopic (exact) mass is 288 g/mol. The van der Waals surface area contributed by atoms with Crippen LogP contribution in [-0.2, 0) is 6.42 Å². The molecular weight excluding hydrogens is 271 g/mol. The molecule has 1 heterocycles. The van der Waals surface area contributed by atoms with Gasteiger partial charge in [-0.3, -0.25) is 5.84 Å². The molecule has 0 amide bonds. The van der Waals surface area contributed by atoms with Crippen molar-refractivity contribution in [2.24, 2.45) is 5.84 Å². The third-order valence-electron chi connectivity index (χ3n) is 3.77. The summed E-state index contributed by atoms with van der Waals surface area (Å²) < 4.78 is 25.3. The van der Waals surface area contributed by atoms with E-state index >= 15 is 0 Å². The van der Waals surface area contributed by atoms with Crippen molar-refractivity contribution < 1.29 is 13.9 Å². The summed E-state index contributed by atoms with van der Waals surface area (Å²) in [5, 5.41) is 0. The number of halogens is 1. The summed E-state index contributed by atoms with van der Waals surface area (Å²) >= 11 is 0. The van der Waals surface area contributed by atoms with Crippen molar-refractivity contribution in [1.82, 2.24) is 5.43 Å². The second-order valence-electron chi connectivity index (χ2n) is 4.98. The molecule has 0 saturated heterocycles. The summed E-state index contributed by atoms with van der Waals surface area (Å²) in [6.07, 6.45) is 0.427. The third kappa shape index (κ3) is 2.46. The molecule has 0 fully saturated rings. The lowest BCUT2D eigenvalue weighted by Crippen LogP contribution is -2.39. The van der Waals surface area contributed by atoms with Crippen LogP contribution in [-0.4, -0.2) is 13.2 Å². The second kappa shape index (κ2) is 5.71. The van der Waals surface area contributed by atoms with Gasteiger partial charge in [0.1, 0.15) is 11.9 Å². The first-order valence-corrected chi connectivity index (χ1v) is 6.77. The number of methoxy groups -OCH3 is 1. The number of benzene rings is 2. The maximum Gasteiger partial charge on any atom is 0.170 e. The molecule has 4 nitrogen and oxygen atoms in total. The lowest BCUT2D eigenvalue weighted by molar-refractivity contribution is 0.176. The molecule has 0 radical (unpaired) electrons. The predicted octanol–water partition coefficient (Wildman–Crippen LogP) is 2.34. The van der Waals surface area contributed by atoms with Crippen molar-refractivity contribution in [3.63, 3.8) is 0 Å². The van der Waals surface area contributed by atoms with Gasteiger partial charge in [0.05, 0.1) is 13.2 Å². The molecule has 2 unspecified atom stereocenters. The van der Waals surface area contributed by atoms with Crippen molar-refractivity contribution in [1.29, 1.82) is 0 Å². The highest BCUT2D eigenvalue weighted by molar-refractivity contribution is 5.40. The number of hydrazine groups is 1. The lowest BCUT2D eigenvalue weighted by atomic mass is 9.97. The predicted molar refractivity (Wildman–Crippen MR) is 77.6 cm³/mol. The molecule has 0 aliphatic carbocycles. The molecule has 2 aromatic rings. The van der Waals surface area contributed by atoms with Crippen LogP contribution in [0.3, 0.4) is 0 Å². The van der Waals surface area contributed by atoms with Crippen molar-refractivity contribution >= 4 is 0 Å². The zero-order chi connectivity index (χ0) is 14.8. The van der Waals surface area contributed by atoms with Crippen LogP contribution < -0.4 is 20.7 Å². The topological polar surface area (TPSA) is 56.5 Å². The average molecular weight is 288 g/mol. The maximum atomic E-state index is 14.4. The van der Waals surface area contributed by atoms with Gasteiger partial charge < -0.3 is 9.47 Å². The van der Waals surface area contributed by atoms with E-state index in [1.807, 2.05) is 24.3 Å². The van der Waals surface area contributed by atoms with Gasteiger partial charge in [-0.1, -0.05) is 30.3 Å². The van der Waals surface area contributed by atoms with Crippen molar-refractivity contribution in [2.75, 3.05) is 7.11 Å². The molecule has 3 rings (SSSR count). The minimum absolute atomic E-state index is 0.197. The molecule has 21 heavy (non-hydrogen) atoms. The molecule has 110 valence electrons. The van der Waals surface area contributed by atoms with E-state index < -0.39 is 11.9 Å². The molecular formula is C16H17FN2O2. The van der Waals surface area contributed by atoms with E-state index in [9.17, 15) is 4.39 Å². The molecule has 0 bridgehead atoms. The van der Waals surface area contributed by atoms with Crippen molar-refractivity contribution in [3.05, 3.63) is 59.4 Å². The largest absolute Gasteiger partial charge is 0.494 e. The highest BCUT2D eigenvalue weighted by Crippen LogP contribution is 2.35.